The molecule has 19 heavy (non-hydrogen) atoms. The van der Waals surface area contributed by atoms with Crippen LogP contribution in [0.5, 0.6) is 0 Å². The molecule has 1 heterocycles. The van der Waals surface area contributed by atoms with Gasteiger partial charge in [-0.2, -0.15) is 0 Å². The Hall–Kier alpha value is -2.62. The fraction of sp³-hybridized carbons (Fsp3) is 0.0667. The molecule has 0 amide bonds. The van der Waals surface area contributed by atoms with Gasteiger partial charge in [-0.25, -0.2) is 4.99 Å². The molecule has 0 bridgehead atoms. The van der Waals surface area contributed by atoms with Crippen LogP contribution < -0.4 is 11.1 Å². The fourth-order valence-corrected chi connectivity index (χ4v) is 1.69. The smallest absolute Gasteiger partial charge is 0.193 e. The van der Waals surface area contributed by atoms with E-state index < -0.39 is 0 Å². The van der Waals surface area contributed by atoms with E-state index in [1.54, 1.807) is 19.3 Å². The number of hydrogen-bond donors (Lipinski definition) is 2. The van der Waals surface area contributed by atoms with Gasteiger partial charge < -0.3 is 11.1 Å². The number of guanidine groups is 1. The zero-order valence-corrected chi connectivity index (χ0v) is 10.8. The van der Waals surface area contributed by atoms with E-state index in [1.165, 1.54) is 0 Å². The summed E-state index contributed by atoms with van der Waals surface area (Å²) in [6.07, 6.45) is 7.22. The number of pyridine rings is 1. The second-order valence-electron chi connectivity index (χ2n) is 4.00. The second-order valence-corrected chi connectivity index (χ2v) is 4.00. The Morgan fingerprint density at radius 3 is 2.95 bits per heavy atom. The lowest BCUT2D eigenvalue weighted by Crippen LogP contribution is -2.27. The van der Waals surface area contributed by atoms with Crippen molar-refractivity contribution in [2.45, 2.75) is 0 Å². The first kappa shape index (κ1) is 12.8. The number of nitrogens with one attached hydrogen (secondary N) is 1. The fourth-order valence-electron chi connectivity index (χ4n) is 1.69. The van der Waals surface area contributed by atoms with Crippen molar-refractivity contribution < 1.29 is 0 Å². The van der Waals surface area contributed by atoms with E-state index in [9.17, 15) is 0 Å². The van der Waals surface area contributed by atoms with Crippen molar-refractivity contribution >= 4 is 22.8 Å². The lowest BCUT2D eigenvalue weighted by atomic mass is 10.1. The van der Waals surface area contributed by atoms with Crippen molar-refractivity contribution in [3.63, 3.8) is 0 Å². The van der Waals surface area contributed by atoms with Crippen LogP contribution in [0.3, 0.4) is 0 Å². The predicted molar refractivity (Wildman–Crippen MR) is 80.6 cm³/mol. The molecule has 2 rings (SSSR count). The van der Waals surface area contributed by atoms with Gasteiger partial charge in [0, 0.05) is 24.8 Å². The van der Waals surface area contributed by atoms with Gasteiger partial charge in [-0.15, -0.1) is 0 Å². The number of nitrogens with zero attached hydrogens (tertiary/aromatic N) is 2. The lowest BCUT2D eigenvalue weighted by molar-refractivity contribution is 1.13. The van der Waals surface area contributed by atoms with Crippen LogP contribution in [-0.4, -0.2) is 18.0 Å². The van der Waals surface area contributed by atoms with Gasteiger partial charge in [-0.05, 0) is 35.2 Å². The minimum Gasteiger partial charge on any atom is -0.370 e. The molecule has 4 heteroatoms. The number of aromatic nitrogens is 1. The zero-order valence-electron chi connectivity index (χ0n) is 10.8. The van der Waals surface area contributed by atoms with Gasteiger partial charge in [-0.1, -0.05) is 18.7 Å². The van der Waals surface area contributed by atoms with E-state index >= 15 is 0 Å². The monoisotopic (exact) mass is 252 g/mol. The summed E-state index contributed by atoms with van der Waals surface area (Å²) < 4.78 is 0. The molecule has 3 N–H and O–H groups in total. The third kappa shape index (κ3) is 3.19. The normalized spacial score (nSPS) is 12.5. The van der Waals surface area contributed by atoms with Crippen LogP contribution in [0.25, 0.3) is 16.8 Å². The zero-order chi connectivity index (χ0) is 13.7. The third-order valence-corrected chi connectivity index (χ3v) is 2.69. The van der Waals surface area contributed by atoms with Crippen LogP contribution in [0.1, 0.15) is 5.56 Å². The SMILES string of the molecule is C=CC(=C/c1ccc2cnccc2c1)/N=C(/N)NC. The van der Waals surface area contributed by atoms with Crippen LogP contribution in [0, 0.1) is 0 Å². The highest BCUT2D eigenvalue weighted by Crippen LogP contribution is 2.17. The van der Waals surface area contributed by atoms with Gasteiger partial charge in [0.15, 0.2) is 5.96 Å². The summed E-state index contributed by atoms with van der Waals surface area (Å²) >= 11 is 0. The standard InChI is InChI=1S/C15H16N4/c1-3-14(19-15(16)17-2)9-11-4-5-13-10-18-7-6-12(13)8-11/h3-10H,1H2,2H3,(H3,16,17,19)/b14-9-. The summed E-state index contributed by atoms with van der Waals surface area (Å²) in [5, 5.41) is 5.02. The number of aliphatic imine (C=N–C) groups is 1. The van der Waals surface area contributed by atoms with Gasteiger partial charge in [0.25, 0.3) is 0 Å². The minimum absolute atomic E-state index is 0.358. The number of nitrogens with two attached hydrogens (primary N) is 1. The molecule has 1 aromatic heterocycles. The van der Waals surface area contributed by atoms with Gasteiger partial charge in [0.1, 0.15) is 0 Å². The van der Waals surface area contributed by atoms with Crippen molar-refractivity contribution in [2.24, 2.45) is 10.7 Å². The molecule has 4 nitrogen and oxygen atoms in total. The van der Waals surface area contributed by atoms with Gasteiger partial charge >= 0.3 is 0 Å². The first-order valence-electron chi connectivity index (χ1n) is 5.93. The van der Waals surface area contributed by atoms with Crippen molar-refractivity contribution in [3.8, 4) is 0 Å². The van der Waals surface area contributed by atoms with Gasteiger partial charge in [0.2, 0.25) is 0 Å². The van der Waals surface area contributed by atoms with Crippen molar-refractivity contribution in [3.05, 3.63) is 60.6 Å². The first-order valence-corrected chi connectivity index (χ1v) is 5.93. The molecule has 0 radical (unpaired) electrons. The number of fused-ring (bicyclic) bond motifs is 1. The van der Waals surface area contributed by atoms with Crippen LogP contribution in [0.2, 0.25) is 0 Å². The average Bonchev–Trinajstić information content (AvgIpc) is 2.46. The molecule has 0 spiro atoms. The Bertz CT molecular complexity index is 656. The number of hydrogen-bond acceptors (Lipinski definition) is 2. The maximum Gasteiger partial charge on any atom is 0.193 e. The summed E-state index contributed by atoms with van der Waals surface area (Å²) in [6, 6.07) is 8.09. The maximum absolute atomic E-state index is 5.64. The van der Waals surface area contributed by atoms with E-state index in [1.807, 2.05) is 30.5 Å². The Kier molecular flexibility index (Phi) is 3.93. The molecule has 0 aliphatic rings. The summed E-state index contributed by atoms with van der Waals surface area (Å²) in [4.78, 5) is 8.29. The largest absolute Gasteiger partial charge is 0.370 e. The molecule has 0 atom stereocenters. The summed E-state index contributed by atoms with van der Waals surface area (Å²) in [5.74, 6) is 0.358. The second kappa shape index (κ2) is 5.82. The number of allylic oxidation sites excluding steroid dienone is 1. The molecule has 0 fully saturated rings. The van der Waals surface area contributed by atoms with Crippen molar-refractivity contribution in [1.29, 1.82) is 0 Å². The summed E-state index contributed by atoms with van der Waals surface area (Å²) in [6.45, 7) is 3.74. The topological polar surface area (TPSA) is 63.3 Å². The molecule has 0 unspecified atom stereocenters. The minimum atomic E-state index is 0.358. The molecule has 0 saturated carbocycles. The van der Waals surface area contributed by atoms with E-state index in [2.05, 4.69) is 27.9 Å². The molecule has 1 aromatic carbocycles. The summed E-state index contributed by atoms with van der Waals surface area (Å²) in [5.41, 5.74) is 7.39. The Balaban J connectivity index is 2.40. The highest BCUT2D eigenvalue weighted by molar-refractivity contribution is 5.84. The predicted octanol–water partition coefficient (Wildman–Crippen LogP) is 2.30. The third-order valence-electron chi connectivity index (χ3n) is 2.69. The van der Waals surface area contributed by atoms with Gasteiger partial charge in [0.05, 0.1) is 5.70 Å². The highest BCUT2D eigenvalue weighted by Gasteiger charge is 1.96. The molecule has 0 saturated heterocycles. The van der Waals surface area contributed by atoms with E-state index in [0.717, 1.165) is 16.3 Å². The first-order chi connectivity index (χ1) is 9.22. The van der Waals surface area contributed by atoms with Crippen molar-refractivity contribution in [2.75, 3.05) is 7.05 Å². The van der Waals surface area contributed by atoms with E-state index in [4.69, 9.17) is 5.73 Å². The highest BCUT2D eigenvalue weighted by atomic mass is 15.1. The van der Waals surface area contributed by atoms with Crippen LogP contribution in [0.15, 0.2) is 60.0 Å². The Morgan fingerprint density at radius 1 is 1.37 bits per heavy atom. The summed E-state index contributed by atoms with van der Waals surface area (Å²) in [7, 11) is 1.72. The van der Waals surface area contributed by atoms with E-state index in [0.29, 0.717) is 11.7 Å². The Labute approximate surface area is 112 Å². The molecule has 2 aromatic rings. The van der Waals surface area contributed by atoms with Gasteiger partial charge in [-0.3, -0.25) is 4.98 Å². The van der Waals surface area contributed by atoms with Crippen molar-refractivity contribution in [1.82, 2.24) is 10.3 Å². The van der Waals surface area contributed by atoms with Crippen LogP contribution >= 0.6 is 0 Å². The van der Waals surface area contributed by atoms with Crippen LogP contribution in [-0.2, 0) is 0 Å². The number of benzene rings is 1. The molecular formula is C15H16N4. The van der Waals surface area contributed by atoms with Crippen LogP contribution in [0.4, 0.5) is 0 Å². The van der Waals surface area contributed by atoms with E-state index in [-0.39, 0.29) is 0 Å². The molecule has 0 aliphatic heterocycles. The lowest BCUT2D eigenvalue weighted by Gasteiger charge is -2.01. The Morgan fingerprint density at radius 2 is 2.21 bits per heavy atom. The molecular weight excluding hydrogens is 236 g/mol. The number of rotatable bonds is 3. The maximum atomic E-state index is 5.64. The quantitative estimate of drug-likeness (QED) is 0.500. The molecule has 96 valence electrons. The average molecular weight is 252 g/mol. The molecule has 0 aliphatic carbocycles.